The van der Waals surface area contributed by atoms with Crippen LogP contribution in [-0.4, -0.2) is 39.4 Å². The fourth-order valence-electron chi connectivity index (χ4n) is 1.36. The number of hydrogen-bond donors (Lipinski definition) is 0. The highest BCUT2D eigenvalue weighted by molar-refractivity contribution is 6.29. The number of rotatable bonds is 4. The lowest BCUT2D eigenvalue weighted by atomic mass is 10.3. The fourth-order valence-corrected chi connectivity index (χ4v) is 1.48. The van der Waals surface area contributed by atoms with Gasteiger partial charge in [0.15, 0.2) is 12.4 Å². The molecule has 2 aromatic heterocycles. The summed E-state index contributed by atoms with van der Waals surface area (Å²) in [6.45, 7) is -0.237. The van der Waals surface area contributed by atoms with E-state index in [9.17, 15) is 4.79 Å². The topological polar surface area (TPSA) is 79.1 Å². The van der Waals surface area contributed by atoms with Gasteiger partial charge in [0.25, 0.3) is 0 Å². The number of hydrogen-bond acceptors (Lipinski definition) is 6. The molecule has 2 heterocycles. The number of pyridine rings is 1. The molecule has 0 spiro atoms. The summed E-state index contributed by atoms with van der Waals surface area (Å²) in [5.74, 6) is 0.0613. The summed E-state index contributed by atoms with van der Waals surface area (Å²) in [5, 5.41) is 4.43. The number of methoxy groups -OCH3 is 1. The smallest absolute Gasteiger partial charge is 0.344 e. The minimum absolute atomic E-state index is 0.0952. The first-order valence-electron chi connectivity index (χ1n) is 5.32. The molecule has 19 heavy (non-hydrogen) atoms. The summed E-state index contributed by atoms with van der Waals surface area (Å²) < 4.78 is 11.1. The van der Waals surface area contributed by atoms with Crippen molar-refractivity contribution in [3.05, 3.63) is 23.5 Å². The van der Waals surface area contributed by atoms with Crippen molar-refractivity contribution in [2.24, 2.45) is 7.05 Å². The van der Waals surface area contributed by atoms with Gasteiger partial charge < -0.3 is 9.47 Å². The minimum atomic E-state index is -0.498. The highest BCUT2D eigenvalue weighted by atomic mass is 35.5. The molecule has 0 aliphatic heterocycles. The van der Waals surface area contributed by atoms with Crippen molar-refractivity contribution in [3.8, 4) is 17.4 Å². The number of ether oxygens (including phenoxy) is 2. The third kappa shape index (κ3) is 3.19. The van der Waals surface area contributed by atoms with E-state index in [1.807, 2.05) is 0 Å². The standard InChI is InChI=1S/C11H11ClN4O3/c1-16-10(7-3-4-8(12)13-5-7)14-11(15-16)19-6-9(17)18-2/h3-5H,6H2,1-2H3. The van der Waals surface area contributed by atoms with Crippen molar-refractivity contribution in [1.82, 2.24) is 19.7 Å². The van der Waals surface area contributed by atoms with Crippen LogP contribution < -0.4 is 4.74 Å². The molecular formula is C11H11ClN4O3. The number of carbonyl (C=O) groups excluding carboxylic acids is 1. The molecule has 0 aliphatic rings. The van der Waals surface area contributed by atoms with Crippen molar-refractivity contribution in [3.63, 3.8) is 0 Å². The molecule has 0 radical (unpaired) electrons. The normalized spacial score (nSPS) is 10.3. The van der Waals surface area contributed by atoms with Crippen LogP contribution in [0, 0.1) is 0 Å². The maximum absolute atomic E-state index is 11.0. The predicted octanol–water partition coefficient (Wildman–Crippen LogP) is 1.08. The molecule has 0 aliphatic carbocycles. The van der Waals surface area contributed by atoms with Crippen molar-refractivity contribution in [2.45, 2.75) is 0 Å². The van der Waals surface area contributed by atoms with Crippen LogP contribution in [-0.2, 0) is 16.6 Å². The summed E-state index contributed by atoms with van der Waals surface area (Å²) >= 11 is 5.71. The van der Waals surface area contributed by atoms with Gasteiger partial charge in [-0.2, -0.15) is 4.98 Å². The number of esters is 1. The molecule has 0 saturated carbocycles. The van der Waals surface area contributed by atoms with E-state index >= 15 is 0 Å². The van der Waals surface area contributed by atoms with Crippen molar-refractivity contribution < 1.29 is 14.3 Å². The Balaban J connectivity index is 2.16. The van der Waals surface area contributed by atoms with Gasteiger partial charge in [0.1, 0.15) is 5.15 Å². The molecular weight excluding hydrogens is 272 g/mol. The van der Waals surface area contributed by atoms with Gasteiger partial charge in [0, 0.05) is 18.8 Å². The molecule has 0 amide bonds. The number of halogens is 1. The third-order valence-corrected chi connectivity index (χ3v) is 2.50. The first kappa shape index (κ1) is 13.3. The number of aryl methyl sites for hydroxylation is 1. The fraction of sp³-hybridized carbons (Fsp3) is 0.273. The highest BCUT2D eigenvalue weighted by Gasteiger charge is 2.12. The molecule has 0 aromatic carbocycles. The van der Waals surface area contributed by atoms with Gasteiger partial charge in [0.05, 0.1) is 7.11 Å². The van der Waals surface area contributed by atoms with Gasteiger partial charge in [0.2, 0.25) is 0 Å². The molecule has 0 fully saturated rings. The molecule has 2 rings (SSSR count). The van der Waals surface area contributed by atoms with Gasteiger partial charge >= 0.3 is 12.0 Å². The lowest BCUT2D eigenvalue weighted by Gasteiger charge is -1.98. The van der Waals surface area contributed by atoms with E-state index in [2.05, 4.69) is 19.8 Å². The highest BCUT2D eigenvalue weighted by Crippen LogP contribution is 2.19. The third-order valence-electron chi connectivity index (χ3n) is 2.28. The van der Waals surface area contributed by atoms with E-state index in [0.717, 1.165) is 5.56 Å². The SMILES string of the molecule is COC(=O)COc1nc(-c2ccc(Cl)nc2)n(C)n1. The van der Waals surface area contributed by atoms with E-state index in [4.69, 9.17) is 16.3 Å². The van der Waals surface area contributed by atoms with Crippen LogP contribution >= 0.6 is 11.6 Å². The van der Waals surface area contributed by atoms with E-state index < -0.39 is 5.97 Å². The maximum Gasteiger partial charge on any atom is 0.344 e. The van der Waals surface area contributed by atoms with Gasteiger partial charge in [-0.1, -0.05) is 11.6 Å². The Labute approximate surface area is 114 Å². The maximum atomic E-state index is 11.0. The van der Waals surface area contributed by atoms with Crippen molar-refractivity contribution in [1.29, 1.82) is 0 Å². The number of carbonyl (C=O) groups is 1. The Kier molecular flexibility index (Phi) is 3.96. The first-order chi connectivity index (χ1) is 9.10. The predicted molar refractivity (Wildman–Crippen MR) is 66.8 cm³/mol. The van der Waals surface area contributed by atoms with Crippen LogP contribution in [0.2, 0.25) is 5.15 Å². The summed E-state index contributed by atoms with van der Waals surface area (Å²) in [6, 6.07) is 3.52. The second-order valence-corrected chi connectivity index (χ2v) is 3.96. The molecule has 7 nitrogen and oxygen atoms in total. The van der Waals surface area contributed by atoms with Gasteiger partial charge in [-0.15, -0.1) is 5.10 Å². The average Bonchev–Trinajstić information content (AvgIpc) is 2.78. The molecule has 0 N–H and O–H groups in total. The molecule has 100 valence electrons. The van der Waals surface area contributed by atoms with Crippen LogP contribution in [0.4, 0.5) is 0 Å². The van der Waals surface area contributed by atoms with E-state index in [1.54, 1.807) is 25.4 Å². The summed E-state index contributed by atoms with van der Waals surface area (Å²) in [5.41, 5.74) is 0.743. The second-order valence-electron chi connectivity index (χ2n) is 3.58. The lowest BCUT2D eigenvalue weighted by Crippen LogP contribution is -2.13. The van der Waals surface area contributed by atoms with Crippen LogP contribution in [0.25, 0.3) is 11.4 Å². The molecule has 8 heteroatoms. The lowest BCUT2D eigenvalue weighted by molar-refractivity contribution is -0.143. The zero-order valence-electron chi connectivity index (χ0n) is 10.3. The summed E-state index contributed by atoms with van der Waals surface area (Å²) in [4.78, 5) is 19.1. The molecule has 2 aromatic rings. The van der Waals surface area contributed by atoms with E-state index in [1.165, 1.54) is 11.8 Å². The van der Waals surface area contributed by atoms with E-state index in [-0.39, 0.29) is 12.6 Å². The minimum Gasteiger partial charge on any atom is -0.466 e. The number of aromatic nitrogens is 4. The van der Waals surface area contributed by atoms with Crippen molar-refractivity contribution >= 4 is 17.6 Å². The van der Waals surface area contributed by atoms with Crippen LogP contribution in [0.5, 0.6) is 6.01 Å². The van der Waals surface area contributed by atoms with Gasteiger partial charge in [-0.25, -0.2) is 14.5 Å². The Bertz CT molecular complexity index is 582. The molecule has 0 bridgehead atoms. The number of nitrogens with zero attached hydrogens (tertiary/aromatic N) is 4. The monoisotopic (exact) mass is 282 g/mol. The second kappa shape index (κ2) is 5.66. The zero-order chi connectivity index (χ0) is 13.8. The Hall–Kier alpha value is -2.15. The molecule has 0 atom stereocenters. The van der Waals surface area contributed by atoms with E-state index in [0.29, 0.717) is 11.0 Å². The first-order valence-corrected chi connectivity index (χ1v) is 5.70. The zero-order valence-corrected chi connectivity index (χ0v) is 11.1. The largest absolute Gasteiger partial charge is 0.466 e. The van der Waals surface area contributed by atoms with Crippen LogP contribution in [0.15, 0.2) is 18.3 Å². The Morgan fingerprint density at radius 2 is 2.26 bits per heavy atom. The van der Waals surface area contributed by atoms with Gasteiger partial charge in [-0.3, -0.25) is 0 Å². The average molecular weight is 283 g/mol. The Morgan fingerprint density at radius 3 is 2.89 bits per heavy atom. The Morgan fingerprint density at radius 1 is 1.47 bits per heavy atom. The van der Waals surface area contributed by atoms with Crippen LogP contribution in [0.1, 0.15) is 0 Å². The van der Waals surface area contributed by atoms with Gasteiger partial charge in [-0.05, 0) is 12.1 Å². The summed E-state index contributed by atoms with van der Waals surface area (Å²) in [6.07, 6.45) is 1.58. The van der Waals surface area contributed by atoms with Crippen molar-refractivity contribution in [2.75, 3.05) is 13.7 Å². The molecule has 0 saturated heterocycles. The quantitative estimate of drug-likeness (QED) is 0.617. The molecule has 0 unspecified atom stereocenters. The summed E-state index contributed by atoms with van der Waals surface area (Å²) in [7, 11) is 2.99. The van der Waals surface area contributed by atoms with Crippen LogP contribution in [0.3, 0.4) is 0 Å².